The molecule has 3 N–H and O–H groups in total. The summed E-state index contributed by atoms with van der Waals surface area (Å²) in [6.45, 7) is 2.52. The van der Waals surface area contributed by atoms with E-state index in [1.165, 1.54) is 0 Å². The molecule has 0 saturated heterocycles. The van der Waals surface area contributed by atoms with Crippen molar-refractivity contribution >= 4 is 30.0 Å². The summed E-state index contributed by atoms with van der Waals surface area (Å²) >= 11 is 6.16. The van der Waals surface area contributed by atoms with Gasteiger partial charge in [-0.3, -0.25) is 9.78 Å². The zero-order valence-corrected chi connectivity index (χ0v) is 14.8. The highest BCUT2D eigenvalue weighted by atomic mass is 35.5. The first-order valence-electron chi connectivity index (χ1n) is 7.25. The van der Waals surface area contributed by atoms with Crippen molar-refractivity contribution in [1.82, 2.24) is 4.98 Å². The van der Waals surface area contributed by atoms with E-state index in [0.29, 0.717) is 17.4 Å². The van der Waals surface area contributed by atoms with Crippen LogP contribution in [0.3, 0.4) is 0 Å². The Bertz CT molecular complexity index is 695. The Morgan fingerprint density at radius 1 is 1.38 bits per heavy atom. The average molecular weight is 371 g/mol. The van der Waals surface area contributed by atoms with Gasteiger partial charge < -0.3 is 15.6 Å². The van der Waals surface area contributed by atoms with Gasteiger partial charge >= 0.3 is 5.97 Å². The van der Waals surface area contributed by atoms with Gasteiger partial charge in [-0.15, -0.1) is 12.4 Å². The summed E-state index contributed by atoms with van der Waals surface area (Å²) in [6.07, 6.45) is 1.70. The van der Waals surface area contributed by atoms with Gasteiger partial charge in [0.15, 0.2) is 0 Å². The number of aryl methyl sites for hydroxylation is 1. The van der Waals surface area contributed by atoms with Crippen LogP contribution in [0.2, 0.25) is 5.02 Å². The fraction of sp³-hybridized carbons (Fsp3) is 0.294. The molecule has 5 nitrogen and oxygen atoms in total. The summed E-state index contributed by atoms with van der Waals surface area (Å²) in [4.78, 5) is 15.1. The molecule has 130 valence electrons. The quantitative estimate of drug-likeness (QED) is 0.777. The molecule has 7 heteroatoms. The molecule has 0 bridgehead atoms. The van der Waals surface area contributed by atoms with Crippen LogP contribution in [0.4, 0.5) is 0 Å². The van der Waals surface area contributed by atoms with Crippen LogP contribution in [0, 0.1) is 6.92 Å². The predicted octanol–water partition coefficient (Wildman–Crippen LogP) is 3.56. The van der Waals surface area contributed by atoms with Crippen LogP contribution >= 0.6 is 24.0 Å². The number of aromatic nitrogens is 1. The summed E-state index contributed by atoms with van der Waals surface area (Å²) in [5.74, 6) is -0.636. The van der Waals surface area contributed by atoms with Gasteiger partial charge in [-0.1, -0.05) is 17.7 Å². The third kappa shape index (κ3) is 5.67. The van der Waals surface area contributed by atoms with Crippen molar-refractivity contribution in [3.63, 3.8) is 0 Å². The standard InChI is InChI=1S/C17H19ClN2O3.ClH/c1-11-6-12(4-5-20-11)10-23-16-7-13(2-3-15(16)18)14(9-19)8-17(21)22;/h2-7,14H,8-10,19H2,1H3,(H,21,22);1H. The lowest BCUT2D eigenvalue weighted by molar-refractivity contribution is -0.137. The molecule has 1 unspecified atom stereocenters. The van der Waals surface area contributed by atoms with Gasteiger partial charge in [-0.2, -0.15) is 0 Å². The minimum atomic E-state index is -0.884. The number of carboxylic acids is 1. The number of aliphatic carboxylic acids is 1. The maximum absolute atomic E-state index is 10.9. The van der Waals surface area contributed by atoms with E-state index in [1.54, 1.807) is 24.4 Å². The molecule has 0 aliphatic rings. The number of benzene rings is 1. The minimum absolute atomic E-state index is 0. The zero-order valence-electron chi connectivity index (χ0n) is 13.2. The molecular weight excluding hydrogens is 351 g/mol. The van der Waals surface area contributed by atoms with Crippen LogP contribution in [0.25, 0.3) is 0 Å². The topological polar surface area (TPSA) is 85.4 Å². The lowest BCUT2D eigenvalue weighted by Gasteiger charge is -2.15. The van der Waals surface area contributed by atoms with Crippen molar-refractivity contribution < 1.29 is 14.6 Å². The van der Waals surface area contributed by atoms with Gasteiger partial charge in [-0.05, 0) is 48.9 Å². The SMILES string of the molecule is Cc1cc(COc2cc(C(CN)CC(=O)O)ccc2Cl)ccn1.Cl. The van der Waals surface area contributed by atoms with Gasteiger partial charge in [-0.25, -0.2) is 0 Å². The van der Waals surface area contributed by atoms with Gasteiger partial charge in [0.05, 0.1) is 11.4 Å². The third-order valence-electron chi connectivity index (χ3n) is 3.49. The van der Waals surface area contributed by atoms with Gasteiger partial charge in [0.1, 0.15) is 12.4 Å². The molecule has 0 aliphatic heterocycles. The second-order valence-corrected chi connectivity index (χ2v) is 5.72. The molecule has 0 saturated carbocycles. The maximum atomic E-state index is 10.9. The molecular formula is C17H20Cl2N2O3. The highest BCUT2D eigenvalue weighted by Gasteiger charge is 2.16. The molecule has 1 atom stereocenters. The smallest absolute Gasteiger partial charge is 0.304 e. The summed E-state index contributed by atoms with van der Waals surface area (Å²) in [6, 6.07) is 9.06. The van der Waals surface area contributed by atoms with Crippen LogP contribution < -0.4 is 10.5 Å². The van der Waals surface area contributed by atoms with Crippen LogP contribution in [0.1, 0.15) is 29.2 Å². The molecule has 1 heterocycles. The van der Waals surface area contributed by atoms with Crippen molar-refractivity contribution in [3.8, 4) is 5.75 Å². The fourth-order valence-electron chi connectivity index (χ4n) is 2.29. The summed E-state index contributed by atoms with van der Waals surface area (Å²) < 4.78 is 5.77. The largest absolute Gasteiger partial charge is 0.487 e. The van der Waals surface area contributed by atoms with E-state index in [2.05, 4.69) is 4.98 Å². The zero-order chi connectivity index (χ0) is 16.8. The first-order valence-corrected chi connectivity index (χ1v) is 7.63. The number of nitrogens with zero attached hydrogens (tertiary/aromatic N) is 1. The Morgan fingerprint density at radius 3 is 2.75 bits per heavy atom. The first-order chi connectivity index (χ1) is 11.0. The van der Waals surface area contributed by atoms with Crippen molar-refractivity contribution in [2.45, 2.75) is 25.9 Å². The first kappa shape index (κ1) is 20.2. The number of hydrogen-bond donors (Lipinski definition) is 2. The number of halogens is 2. The van der Waals surface area contributed by atoms with Crippen LogP contribution in [-0.2, 0) is 11.4 Å². The van der Waals surface area contributed by atoms with E-state index < -0.39 is 5.97 Å². The summed E-state index contributed by atoms with van der Waals surface area (Å²) in [7, 11) is 0. The molecule has 0 amide bonds. The molecule has 2 aromatic rings. The molecule has 0 radical (unpaired) electrons. The summed E-state index contributed by atoms with van der Waals surface area (Å²) in [5, 5.41) is 9.44. The van der Waals surface area contributed by atoms with Crippen molar-refractivity contribution in [1.29, 1.82) is 0 Å². The van der Waals surface area contributed by atoms with E-state index in [4.69, 9.17) is 27.2 Å². The Labute approximate surface area is 152 Å². The number of pyridine rings is 1. The second-order valence-electron chi connectivity index (χ2n) is 5.31. The average Bonchev–Trinajstić information content (AvgIpc) is 2.52. The lowest BCUT2D eigenvalue weighted by Crippen LogP contribution is -2.16. The maximum Gasteiger partial charge on any atom is 0.304 e. The number of nitrogens with two attached hydrogens (primary N) is 1. The molecule has 1 aromatic carbocycles. The molecule has 2 rings (SSSR count). The Morgan fingerprint density at radius 2 is 2.12 bits per heavy atom. The highest BCUT2D eigenvalue weighted by Crippen LogP contribution is 2.30. The highest BCUT2D eigenvalue weighted by molar-refractivity contribution is 6.32. The minimum Gasteiger partial charge on any atom is -0.487 e. The molecule has 0 fully saturated rings. The number of rotatable bonds is 7. The summed E-state index contributed by atoms with van der Waals surface area (Å²) in [5.41, 5.74) is 8.38. The second kappa shape index (κ2) is 9.47. The Hall–Kier alpha value is -1.82. The van der Waals surface area contributed by atoms with Gasteiger partial charge in [0.25, 0.3) is 0 Å². The Balaban J connectivity index is 0.00000288. The monoisotopic (exact) mass is 370 g/mol. The van der Waals surface area contributed by atoms with E-state index in [0.717, 1.165) is 16.8 Å². The van der Waals surface area contributed by atoms with E-state index in [-0.39, 0.29) is 31.3 Å². The van der Waals surface area contributed by atoms with Crippen LogP contribution in [0.15, 0.2) is 36.5 Å². The fourth-order valence-corrected chi connectivity index (χ4v) is 2.46. The predicted molar refractivity (Wildman–Crippen MR) is 96.1 cm³/mol. The molecule has 0 aliphatic carbocycles. The van der Waals surface area contributed by atoms with Crippen molar-refractivity contribution in [3.05, 3.63) is 58.4 Å². The van der Waals surface area contributed by atoms with Gasteiger partial charge in [0.2, 0.25) is 0 Å². The third-order valence-corrected chi connectivity index (χ3v) is 3.80. The van der Waals surface area contributed by atoms with Gasteiger partial charge in [0, 0.05) is 17.8 Å². The number of ether oxygens (including phenoxy) is 1. The molecule has 24 heavy (non-hydrogen) atoms. The lowest BCUT2D eigenvalue weighted by atomic mass is 9.96. The number of carbonyl (C=O) groups is 1. The number of carboxylic acid groups (broad SMARTS) is 1. The van der Waals surface area contributed by atoms with E-state index >= 15 is 0 Å². The van der Waals surface area contributed by atoms with E-state index in [9.17, 15) is 4.79 Å². The Kier molecular flexibility index (Phi) is 7.98. The van der Waals surface area contributed by atoms with Crippen molar-refractivity contribution in [2.24, 2.45) is 5.73 Å². The van der Waals surface area contributed by atoms with Crippen molar-refractivity contribution in [2.75, 3.05) is 6.54 Å². The normalized spacial score (nSPS) is 11.5. The molecule has 1 aromatic heterocycles. The van der Waals surface area contributed by atoms with Crippen LogP contribution in [-0.4, -0.2) is 22.6 Å². The number of hydrogen-bond acceptors (Lipinski definition) is 4. The molecule has 0 spiro atoms. The van der Waals surface area contributed by atoms with E-state index in [1.807, 2.05) is 19.1 Å². The van der Waals surface area contributed by atoms with Crippen LogP contribution in [0.5, 0.6) is 5.75 Å².